The van der Waals surface area contributed by atoms with Crippen LogP contribution in [-0.2, 0) is 6.42 Å². The van der Waals surface area contributed by atoms with Crippen molar-refractivity contribution in [2.45, 2.75) is 25.2 Å². The summed E-state index contributed by atoms with van der Waals surface area (Å²) >= 11 is 1.82. The van der Waals surface area contributed by atoms with Crippen LogP contribution in [0.25, 0.3) is 0 Å². The molecule has 0 N–H and O–H groups in total. The van der Waals surface area contributed by atoms with Crippen LogP contribution in [0, 0.1) is 25.2 Å². The molecule has 2 aromatic carbocycles. The van der Waals surface area contributed by atoms with Crippen LogP contribution in [0.1, 0.15) is 16.7 Å². The fourth-order valence-corrected chi connectivity index (χ4v) is 2.92. The van der Waals surface area contributed by atoms with Gasteiger partial charge in [-0.05, 0) is 43.2 Å². The third-order valence-corrected chi connectivity index (χ3v) is 4.28. The Kier molecular flexibility index (Phi) is 5.71. The third kappa shape index (κ3) is 4.84. The largest absolute Gasteiger partial charge is 0.493 e. The molecule has 0 aliphatic rings. The maximum Gasteiger partial charge on any atom is 0.119 e. The van der Waals surface area contributed by atoms with Crippen molar-refractivity contribution in [3.63, 3.8) is 0 Å². The Labute approximate surface area is 130 Å². The molecule has 21 heavy (non-hydrogen) atoms. The summed E-state index contributed by atoms with van der Waals surface area (Å²) in [4.78, 5) is 1.32. The second-order valence-corrected chi connectivity index (χ2v) is 6.08. The van der Waals surface area contributed by atoms with Gasteiger partial charge in [0, 0.05) is 10.6 Å². The molecule has 0 spiro atoms. The van der Waals surface area contributed by atoms with Crippen molar-refractivity contribution in [1.82, 2.24) is 0 Å². The van der Waals surface area contributed by atoms with E-state index in [-0.39, 0.29) is 0 Å². The highest BCUT2D eigenvalue weighted by atomic mass is 32.2. The Morgan fingerprint density at radius 3 is 2.57 bits per heavy atom. The van der Waals surface area contributed by atoms with Crippen molar-refractivity contribution in [2.24, 2.45) is 0 Å². The molecule has 0 saturated heterocycles. The number of ether oxygens (including phenoxy) is 1. The van der Waals surface area contributed by atoms with Crippen LogP contribution in [0.2, 0.25) is 0 Å². The molecule has 2 aromatic rings. The van der Waals surface area contributed by atoms with E-state index >= 15 is 0 Å². The summed E-state index contributed by atoms with van der Waals surface area (Å²) in [6.45, 7) is 4.93. The first-order chi connectivity index (χ1) is 10.2. The monoisotopic (exact) mass is 297 g/mol. The zero-order chi connectivity index (χ0) is 15.1. The topological polar surface area (TPSA) is 33.0 Å². The van der Waals surface area contributed by atoms with Crippen molar-refractivity contribution >= 4 is 11.8 Å². The molecule has 0 aromatic heterocycles. The second-order valence-electron chi connectivity index (χ2n) is 4.94. The van der Waals surface area contributed by atoms with Gasteiger partial charge in [0.25, 0.3) is 0 Å². The molecule has 0 bridgehead atoms. The summed E-state index contributed by atoms with van der Waals surface area (Å²) in [6, 6.07) is 16.4. The first kappa shape index (κ1) is 15.5. The molecular formula is C18H19NOS. The molecule has 0 radical (unpaired) electrons. The van der Waals surface area contributed by atoms with E-state index < -0.39 is 0 Å². The van der Waals surface area contributed by atoms with Gasteiger partial charge in [0.05, 0.1) is 19.1 Å². The van der Waals surface area contributed by atoms with Crippen LogP contribution in [-0.4, -0.2) is 12.4 Å². The molecule has 108 valence electrons. The zero-order valence-corrected chi connectivity index (χ0v) is 13.2. The van der Waals surface area contributed by atoms with Gasteiger partial charge >= 0.3 is 0 Å². The van der Waals surface area contributed by atoms with Crippen LogP contribution in [0.4, 0.5) is 0 Å². The average Bonchev–Trinajstić information content (AvgIpc) is 2.49. The third-order valence-electron chi connectivity index (χ3n) is 3.16. The molecule has 2 nitrogen and oxygen atoms in total. The number of hydrogen-bond acceptors (Lipinski definition) is 3. The highest BCUT2D eigenvalue weighted by molar-refractivity contribution is 7.99. The van der Waals surface area contributed by atoms with Crippen LogP contribution >= 0.6 is 11.8 Å². The van der Waals surface area contributed by atoms with Crippen molar-refractivity contribution in [3.05, 3.63) is 59.2 Å². The molecule has 0 amide bonds. The minimum Gasteiger partial charge on any atom is -0.493 e. The van der Waals surface area contributed by atoms with Crippen LogP contribution in [0.3, 0.4) is 0 Å². The summed E-state index contributed by atoms with van der Waals surface area (Å²) in [5.74, 6) is 1.78. The van der Waals surface area contributed by atoms with Crippen LogP contribution < -0.4 is 4.74 Å². The van der Waals surface area contributed by atoms with Gasteiger partial charge in [0.2, 0.25) is 0 Å². The SMILES string of the molecule is Cc1ccc(C)c(SCCOc2ccc(CC#N)cc2)c1. The zero-order valence-electron chi connectivity index (χ0n) is 12.4. The summed E-state index contributed by atoms with van der Waals surface area (Å²) in [6.07, 6.45) is 0.447. The Hall–Kier alpha value is -1.92. The molecule has 0 saturated carbocycles. The minimum absolute atomic E-state index is 0.447. The lowest BCUT2D eigenvalue weighted by Gasteiger charge is -2.08. The fourth-order valence-electron chi connectivity index (χ4n) is 1.97. The summed E-state index contributed by atoms with van der Waals surface area (Å²) < 4.78 is 5.73. The van der Waals surface area contributed by atoms with Crippen LogP contribution in [0.5, 0.6) is 5.75 Å². The lowest BCUT2D eigenvalue weighted by molar-refractivity contribution is 0.344. The highest BCUT2D eigenvalue weighted by Gasteiger charge is 2.00. The van der Waals surface area contributed by atoms with Crippen molar-refractivity contribution < 1.29 is 4.74 Å². The van der Waals surface area contributed by atoms with E-state index in [9.17, 15) is 0 Å². The van der Waals surface area contributed by atoms with Crippen molar-refractivity contribution in [3.8, 4) is 11.8 Å². The van der Waals surface area contributed by atoms with Gasteiger partial charge in [0.15, 0.2) is 0 Å². The first-order valence-corrected chi connectivity index (χ1v) is 7.96. The van der Waals surface area contributed by atoms with E-state index in [1.54, 1.807) is 0 Å². The molecule has 0 heterocycles. The fraction of sp³-hybridized carbons (Fsp3) is 0.278. The van der Waals surface area contributed by atoms with Gasteiger partial charge in [-0.25, -0.2) is 0 Å². The molecule has 0 aliphatic heterocycles. The predicted octanol–water partition coefficient (Wildman–Crippen LogP) is 4.54. The molecule has 0 atom stereocenters. The lowest BCUT2D eigenvalue weighted by atomic mass is 10.2. The Morgan fingerprint density at radius 1 is 1.10 bits per heavy atom. The maximum atomic E-state index is 8.63. The number of benzene rings is 2. The Bertz CT molecular complexity index is 629. The minimum atomic E-state index is 0.447. The van der Waals surface area contributed by atoms with E-state index in [1.165, 1.54) is 16.0 Å². The number of rotatable bonds is 6. The number of thioether (sulfide) groups is 1. The second kappa shape index (κ2) is 7.75. The molecule has 2 rings (SSSR count). The number of aryl methyl sites for hydroxylation is 2. The van der Waals surface area contributed by atoms with E-state index in [0.29, 0.717) is 13.0 Å². The molecule has 0 unspecified atom stereocenters. The van der Waals surface area contributed by atoms with Crippen molar-refractivity contribution in [1.29, 1.82) is 5.26 Å². The normalized spacial score (nSPS) is 10.1. The van der Waals surface area contributed by atoms with Gasteiger partial charge < -0.3 is 4.74 Å². The highest BCUT2D eigenvalue weighted by Crippen LogP contribution is 2.23. The number of nitriles is 1. The Balaban J connectivity index is 1.79. The lowest BCUT2D eigenvalue weighted by Crippen LogP contribution is -2.00. The van der Waals surface area contributed by atoms with Gasteiger partial charge in [-0.3, -0.25) is 0 Å². The van der Waals surface area contributed by atoms with Gasteiger partial charge in [-0.2, -0.15) is 5.26 Å². The summed E-state index contributed by atoms with van der Waals surface area (Å²) in [5, 5.41) is 8.63. The molecular weight excluding hydrogens is 278 g/mol. The first-order valence-electron chi connectivity index (χ1n) is 6.98. The van der Waals surface area contributed by atoms with E-state index in [1.807, 2.05) is 36.0 Å². The quantitative estimate of drug-likeness (QED) is 0.579. The summed E-state index contributed by atoms with van der Waals surface area (Å²) in [5.41, 5.74) is 3.62. The van der Waals surface area contributed by atoms with Crippen molar-refractivity contribution in [2.75, 3.05) is 12.4 Å². The van der Waals surface area contributed by atoms with E-state index in [0.717, 1.165) is 17.1 Å². The Morgan fingerprint density at radius 2 is 1.86 bits per heavy atom. The molecule has 0 aliphatic carbocycles. The van der Waals surface area contributed by atoms with Gasteiger partial charge in [-0.15, -0.1) is 11.8 Å². The van der Waals surface area contributed by atoms with Gasteiger partial charge in [0.1, 0.15) is 5.75 Å². The average molecular weight is 297 g/mol. The maximum absolute atomic E-state index is 8.63. The van der Waals surface area contributed by atoms with Gasteiger partial charge in [-0.1, -0.05) is 29.8 Å². The van der Waals surface area contributed by atoms with Crippen LogP contribution in [0.15, 0.2) is 47.4 Å². The number of hydrogen-bond donors (Lipinski definition) is 0. The number of nitrogens with zero attached hydrogens (tertiary/aromatic N) is 1. The summed E-state index contributed by atoms with van der Waals surface area (Å²) in [7, 11) is 0. The molecule has 3 heteroatoms. The van der Waals surface area contributed by atoms with E-state index in [2.05, 4.69) is 38.1 Å². The smallest absolute Gasteiger partial charge is 0.119 e. The predicted molar refractivity (Wildman–Crippen MR) is 87.9 cm³/mol. The van der Waals surface area contributed by atoms with E-state index in [4.69, 9.17) is 10.00 Å². The molecule has 0 fully saturated rings. The standard InChI is InChI=1S/C18H19NOS/c1-14-3-4-15(2)18(13-14)21-12-11-20-17-7-5-16(6-8-17)9-10-19/h3-8,13H,9,11-12H2,1-2H3.